The number of fused-ring (bicyclic) bond motifs is 3. The first-order valence-electron chi connectivity index (χ1n) is 4.84. The molecule has 0 fully saturated rings. The number of halogens is 2. The number of aromatic hydroxyl groups is 1. The number of thiophene rings is 1. The molecule has 0 atom stereocenters. The average molecular weight is 299 g/mol. The highest BCUT2D eigenvalue weighted by molar-refractivity contribution is 7.26. The van der Waals surface area contributed by atoms with E-state index < -0.39 is 0 Å². The van der Waals surface area contributed by atoms with Crippen molar-refractivity contribution >= 4 is 61.1 Å². The van der Waals surface area contributed by atoms with Gasteiger partial charge in [0.2, 0.25) is 0 Å². The van der Waals surface area contributed by atoms with Gasteiger partial charge in [-0.3, -0.25) is 4.79 Å². The molecule has 0 radical (unpaired) electrons. The molecule has 0 saturated carbocycles. The summed E-state index contributed by atoms with van der Waals surface area (Å²) >= 11 is 13.2. The fourth-order valence-corrected chi connectivity index (χ4v) is 3.30. The van der Waals surface area contributed by atoms with Crippen LogP contribution in [0.5, 0.6) is 5.75 Å². The van der Waals surface area contributed by atoms with Crippen molar-refractivity contribution < 1.29 is 9.90 Å². The second-order valence-corrected chi connectivity index (χ2v) is 5.34. The van der Waals surface area contributed by atoms with Crippen molar-refractivity contribution in [2.75, 3.05) is 0 Å². The summed E-state index contributed by atoms with van der Waals surface area (Å²) < 4.78 is 1.30. The molecular formula is C11H4Cl2N2O2S. The molecule has 3 aromatic heterocycles. The third-order valence-electron chi connectivity index (χ3n) is 2.49. The van der Waals surface area contributed by atoms with Crippen molar-refractivity contribution in [3.05, 3.63) is 28.1 Å². The van der Waals surface area contributed by atoms with Gasteiger partial charge >= 0.3 is 0 Å². The van der Waals surface area contributed by atoms with Crippen LogP contribution in [0.1, 0.15) is 10.5 Å². The fourth-order valence-electron chi connectivity index (χ4n) is 1.72. The molecule has 3 aromatic rings. The van der Waals surface area contributed by atoms with Crippen molar-refractivity contribution in [1.29, 1.82) is 0 Å². The molecule has 0 spiro atoms. The monoisotopic (exact) mass is 298 g/mol. The standard InChI is InChI=1S/C11H4Cl2N2O2S/c12-6-2-1-5-8(15-6)7-10(18-5)9(17)4(3-16)14-11(7)13/h1-3,17H. The molecule has 0 amide bonds. The lowest BCUT2D eigenvalue weighted by Gasteiger charge is -2.00. The van der Waals surface area contributed by atoms with Gasteiger partial charge in [0.05, 0.1) is 20.3 Å². The van der Waals surface area contributed by atoms with Gasteiger partial charge in [0.25, 0.3) is 0 Å². The Kier molecular flexibility index (Phi) is 2.62. The van der Waals surface area contributed by atoms with Crippen molar-refractivity contribution in [1.82, 2.24) is 9.97 Å². The smallest absolute Gasteiger partial charge is 0.172 e. The predicted molar refractivity (Wildman–Crippen MR) is 72.0 cm³/mol. The predicted octanol–water partition coefficient (Wildman–Crippen LogP) is 3.67. The van der Waals surface area contributed by atoms with Crippen molar-refractivity contribution in [3.8, 4) is 5.75 Å². The van der Waals surface area contributed by atoms with Gasteiger partial charge in [-0.1, -0.05) is 23.2 Å². The largest absolute Gasteiger partial charge is 0.504 e. The first-order chi connectivity index (χ1) is 8.61. The van der Waals surface area contributed by atoms with Gasteiger partial charge in [0, 0.05) is 0 Å². The van der Waals surface area contributed by atoms with E-state index in [1.54, 1.807) is 12.1 Å². The van der Waals surface area contributed by atoms with Crippen LogP contribution >= 0.6 is 34.5 Å². The molecule has 0 aliphatic rings. The van der Waals surface area contributed by atoms with E-state index in [4.69, 9.17) is 23.2 Å². The van der Waals surface area contributed by atoms with E-state index in [0.717, 1.165) is 4.70 Å². The van der Waals surface area contributed by atoms with Crippen LogP contribution in [-0.2, 0) is 0 Å². The van der Waals surface area contributed by atoms with Crippen LogP contribution < -0.4 is 0 Å². The molecule has 4 nitrogen and oxygen atoms in total. The lowest BCUT2D eigenvalue weighted by atomic mass is 10.2. The lowest BCUT2D eigenvalue weighted by Crippen LogP contribution is -1.89. The third kappa shape index (κ3) is 1.55. The van der Waals surface area contributed by atoms with Crippen LogP contribution in [0.15, 0.2) is 12.1 Å². The quantitative estimate of drug-likeness (QED) is 0.550. The maximum absolute atomic E-state index is 10.8. The van der Waals surface area contributed by atoms with E-state index in [2.05, 4.69) is 9.97 Å². The zero-order valence-corrected chi connectivity index (χ0v) is 11.0. The van der Waals surface area contributed by atoms with Crippen molar-refractivity contribution in [2.45, 2.75) is 0 Å². The minimum absolute atomic E-state index is 0.0786. The molecular weight excluding hydrogens is 295 g/mol. The Bertz CT molecular complexity index is 801. The number of rotatable bonds is 1. The van der Waals surface area contributed by atoms with Crippen LogP contribution in [0.2, 0.25) is 10.3 Å². The number of carbonyl (C=O) groups excluding carboxylic acids is 1. The van der Waals surface area contributed by atoms with E-state index in [1.165, 1.54) is 11.3 Å². The molecule has 7 heteroatoms. The number of pyridine rings is 2. The highest BCUT2D eigenvalue weighted by Crippen LogP contribution is 2.42. The normalized spacial score (nSPS) is 11.2. The first kappa shape index (κ1) is 11.6. The summed E-state index contributed by atoms with van der Waals surface area (Å²) in [6.07, 6.45) is 0.464. The van der Waals surface area contributed by atoms with Crippen LogP contribution in [0.25, 0.3) is 20.3 Å². The number of hydrogen-bond donors (Lipinski definition) is 1. The van der Waals surface area contributed by atoms with E-state index in [-0.39, 0.29) is 16.6 Å². The highest BCUT2D eigenvalue weighted by Gasteiger charge is 2.18. The summed E-state index contributed by atoms with van der Waals surface area (Å²) in [5, 5.41) is 10.9. The Hall–Kier alpha value is -1.43. The van der Waals surface area contributed by atoms with Gasteiger partial charge < -0.3 is 5.11 Å². The number of hydrogen-bond acceptors (Lipinski definition) is 5. The van der Waals surface area contributed by atoms with Gasteiger partial charge in [-0.25, -0.2) is 9.97 Å². The molecule has 90 valence electrons. The molecule has 0 aliphatic heterocycles. The molecule has 0 bridgehead atoms. The van der Waals surface area contributed by atoms with Crippen LogP contribution in [-0.4, -0.2) is 21.4 Å². The maximum atomic E-state index is 10.8. The van der Waals surface area contributed by atoms with Crippen LogP contribution in [0, 0.1) is 0 Å². The Morgan fingerprint density at radius 3 is 2.78 bits per heavy atom. The molecule has 0 aromatic carbocycles. The topological polar surface area (TPSA) is 63.1 Å². The van der Waals surface area contributed by atoms with Gasteiger partial charge in [-0.2, -0.15) is 0 Å². The number of aldehydes is 1. The zero-order valence-electron chi connectivity index (χ0n) is 8.65. The van der Waals surface area contributed by atoms with E-state index in [0.29, 0.717) is 27.0 Å². The first-order valence-corrected chi connectivity index (χ1v) is 6.41. The van der Waals surface area contributed by atoms with Crippen molar-refractivity contribution in [3.63, 3.8) is 0 Å². The molecule has 0 unspecified atom stereocenters. The van der Waals surface area contributed by atoms with Crippen molar-refractivity contribution in [2.24, 2.45) is 0 Å². The Balaban J connectivity index is 2.58. The minimum Gasteiger partial charge on any atom is -0.504 e. The van der Waals surface area contributed by atoms with E-state index >= 15 is 0 Å². The zero-order chi connectivity index (χ0) is 12.9. The summed E-state index contributed by atoms with van der Waals surface area (Å²) in [5.74, 6) is -0.177. The van der Waals surface area contributed by atoms with E-state index in [1.807, 2.05) is 0 Å². The van der Waals surface area contributed by atoms with Crippen LogP contribution in [0.4, 0.5) is 0 Å². The second-order valence-electron chi connectivity index (χ2n) is 3.54. The molecule has 3 heterocycles. The second kappa shape index (κ2) is 4.05. The molecule has 18 heavy (non-hydrogen) atoms. The Morgan fingerprint density at radius 2 is 2.06 bits per heavy atom. The SMILES string of the molecule is O=Cc1nc(Cl)c2c(sc3ccc(Cl)nc32)c1O. The fraction of sp³-hybridized carbons (Fsp3) is 0. The summed E-state index contributed by atoms with van der Waals surface area (Å²) in [5.41, 5.74) is 0.498. The third-order valence-corrected chi connectivity index (χ3v) is 4.13. The summed E-state index contributed by atoms with van der Waals surface area (Å²) in [4.78, 5) is 18.8. The Morgan fingerprint density at radius 1 is 1.28 bits per heavy atom. The van der Waals surface area contributed by atoms with Crippen LogP contribution in [0.3, 0.4) is 0 Å². The summed E-state index contributed by atoms with van der Waals surface area (Å²) in [6, 6.07) is 3.43. The molecule has 0 aliphatic carbocycles. The number of carbonyl (C=O) groups is 1. The molecule has 3 rings (SSSR count). The maximum Gasteiger partial charge on any atom is 0.172 e. The van der Waals surface area contributed by atoms with Gasteiger partial charge in [-0.05, 0) is 12.1 Å². The van der Waals surface area contributed by atoms with Gasteiger partial charge in [0.15, 0.2) is 12.0 Å². The summed E-state index contributed by atoms with van der Waals surface area (Å²) in [6.45, 7) is 0. The molecule has 1 N–H and O–H groups in total. The lowest BCUT2D eigenvalue weighted by molar-refractivity contribution is 0.111. The minimum atomic E-state index is -0.177. The van der Waals surface area contributed by atoms with E-state index in [9.17, 15) is 9.90 Å². The number of aromatic nitrogens is 2. The average Bonchev–Trinajstić information content (AvgIpc) is 2.73. The summed E-state index contributed by atoms with van der Waals surface area (Å²) in [7, 11) is 0. The Labute approximate surface area is 115 Å². The number of nitrogens with zero attached hydrogens (tertiary/aromatic N) is 2. The highest BCUT2D eigenvalue weighted by atomic mass is 35.5. The van der Waals surface area contributed by atoms with Gasteiger partial charge in [-0.15, -0.1) is 11.3 Å². The molecule has 0 saturated heterocycles. The van der Waals surface area contributed by atoms with Gasteiger partial charge in [0.1, 0.15) is 16.0 Å².